The van der Waals surface area contributed by atoms with Crippen LogP contribution in [0.15, 0.2) is 47.8 Å². The third-order valence-corrected chi connectivity index (χ3v) is 3.56. The lowest BCUT2D eigenvalue weighted by atomic mass is 10.2. The second-order valence-electron chi connectivity index (χ2n) is 4.09. The molecule has 108 valence electrons. The molecular formula is C14H13N3O3S. The highest BCUT2D eigenvalue weighted by Gasteiger charge is 2.06. The summed E-state index contributed by atoms with van der Waals surface area (Å²) in [5.74, 6) is -0.875. The maximum Gasteiger partial charge on any atom is 0.335 e. The fourth-order valence-corrected chi connectivity index (χ4v) is 2.25. The molecule has 0 radical (unpaired) electrons. The minimum Gasteiger partial charge on any atom is -0.478 e. The van der Waals surface area contributed by atoms with Gasteiger partial charge in [-0.2, -0.15) is 0 Å². The van der Waals surface area contributed by atoms with Crippen molar-refractivity contribution in [2.75, 3.05) is 5.75 Å². The first-order chi connectivity index (χ1) is 10.1. The van der Waals surface area contributed by atoms with Crippen LogP contribution in [0, 0.1) is 0 Å². The quantitative estimate of drug-likeness (QED) is 0.787. The summed E-state index contributed by atoms with van der Waals surface area (Å²) in [5.41, 5.74) is 0.664. The number of carboxylic acids is 1. The van der Waals surface area contributed by atoms with Gasteiger partial charge < -0.3 is 10.4 Å². The molecule has 0 spiro atoms. The Morgan fingerprint density at radius 3 is 2.67 bits per heavy atom. The summed E-state index contributed by atoms with van der Waals surface area (Å²) in [5, 5.41) is 11.6. The van der Waals surface area contributed by atoms with Gasteiger partial charge in [0.25, 0.3) is 0 Å². The van der Waals surface area contributed by atoms with E-state index in [9.17, 15) is 9.59 Å². The topological polar surface area (TPSA) is 92.2 Å². The molecule has 2 aromatic heterocycles. The van der Waals surface area contributed by atoms with Crippen LogP contribution in [0.25, 0.3) is 0 Å². The zero-order chi connectivity index (χ0) is 15.1. The van der Waals surface area contributed by atoms with E-state index in [0.717, 1.165) is 4.90 Å². The number of hydrogen-bond acceptors (Lipinski definition) is 5. The van der Waals surface area contributed by atoms with Gasteiger partial charge in [0.1, 0.15) is 0 Å². The normalized spacial score (nSPS) is 10.1. The third-order valence-electron chi connectivity index (χ3n) is 2.55. The van der Waals surface area contributed by atoms with Gasteiger partial charge in [-0.3, -0.25) is 14.8 Å². The van der Waals surface area contributed by atoms with Gasteiger partial charge in [-0.05, 0) is 24.3 Å². The second kappa shape index (κ2) is 7.39. The summed E-state index contributed by atoms with van der Waals surface area (Å²) in [4.78, 5) is 31.4. The van der Waals surface area contributed by atoms with Crippen LogP contribution in [0.2, 0.25) is 0 Å². The van der Waals surface area contributed by atoms with Crippen molar-refractivity contribution in [2.45, 2.75) is 11.4 Å². The summed E-state index contributed by atoms with van der Waals surface area (Å²) in [6.45, 7) is 0.205. The van der Waals surface area contributed by atoms with E-state index < -0.39 is 5.97 Å². The molecule has 21 heavy (non-hydrogen) atoms. The lowest BCUT2D eigenvalue weighted by molar-refractivity contribution is -0.118. The van der Waals surface area contributed by atoms with E-state index in [0.29, 0.717) is 5.69 Å². The zero-order valence-corrected chi connectivity index (χ0v) is 11.8. The van der Waals surface area contributed by atoms with Gasteiger partial charge in [0.2, 0.25) is 5.91 Å². The summed E-state index contributed by atoms with van der Waals surface area (Å²) >= 11 is 1.41. The van der Waals surface area contributed by atoms with Crippen molar-refractivity contribution in [3.05, 3.63) is 54.1 Å². The van der Waals surface area contributed by atoms with Gasteiger partial charge in [-0.15, -0.1) is 11.8 Å². The number of carboxylic acid groups (broad SMARTS) is 1. The molecule has 2 aromatic rings. The Hall–Kier alpha value is -2.41. The molecule has 0 fully saturated rings. The fraction of sp³-hybridized carbons (Fsp3) is 0.143. The minimum absolute atomic E-state index is 0.139. The van der Waals surface area contributed by atoms with Gasteiger partial charge in [-0.1, -0.05) is 0 Å². The third kappa shape index (κ3) is 4.88. The molecule has 2 heterocycles. The van der Waals surface area contributed by atoms with E-state index in [-0.39, 0.29) is 23.8 Å². The van der Waals surface area contributed by atoms with E-state index in [1.165, 1.54) is 30.1 Å². The number of nitrogens with zero attached hydrogens (tertiary/aromatic N) is 2. The van der Waals surface area contributed by atoms with Crippen molar-refractivity contribution < 1.29 is 14.7 Å². The molecule has 0 aliphatic carbocycles. The predicted molar refractivity (Wildman–Crippen MR) is 78.0 cm³/mol. The van der Waals surface area contributed by atoms with Crippen LogP contribution in [-0.4, -0.2) is 32.7 Å². The van der Waals surface area contributed by atoms with Gasteiger partial charge >= 0.3 is 5.97 Å². The Morgan fingerprint density at radius 2 is 1.95 bits per heavy atom. The first kappa shape index (κ1) is 15.0. The Balaban J connectivity index is 1.81. The molecule has 0 aliphatic heterocycles. The van der Waals surface area contributed by atoms with Gasteiger partial charge in [-0.25, -0.2) is 4.79 Å². The van der Waals surface area contributed by atoms with Crippen molar-refractivity contribution >= 4 is 23.6 Å². The van der Waals surface area contributed by atoms with E-state index in [4.69, 9.17) is 5.11 Å². The molecule has 0 bridgehead atoms. The molecule has 0 atom stereocenters. The van der Waals surface area contributed by atoms with Crippen LogP contribution in [0.4, 0.5) is 0 Å². The molecule has 0 aliphatic rings. The maximum atomic E-state index is 11.7. The number of carbonyl (C=O) groups excluding carboxylic acids is 1. The first-order valence-corrected chi connectivity index (χ1v) is 7.11. The van der Waals surface area contributed by atoms with Crippen LogP contribution >= 0.6 is 11.8 Å². The van der Waals surface area contributed by atoms with Crippen LogP contribution < -0.4 is 5.32 Å². The fourth-order valence-electron chi connectivity index (χ4n) is 1.53. The summed E-state index contributed by atoms with van der Waals surface area (Å²) in [6, 6.07) is 6.51. The number of pyridine rings is 2. The number of aromatic carboxylic acids is 1. The van der Waals surface area contributed by atoms with Crippen LogP contribution in [0.1, 0.15) is 16.1 Å². The molecule has 6 nitrogen and oxygen atoms in total. The molecule has 2 N–H and O–H groups in total. The predicted octanol–water partition coefficient (Wildman–Crippen LogP) is 1.58. The average Bonchev–Trinajstić information content (AvgIpc) is 2.52. The Bertz CT molecular complexity index is 634. The van der Waals surface area contributed by atoms with Crippen LogP contribution in [0.3, 0.4) is 0 Å². The average molecular weight is 303 g/mol. The second-order valence-corrected chi connectivity index (χ2v) is 5.14. The van der Waals surface area contributed by atoms with E-state index in [1.54, 1.807) is 12.4 Å². The largest absolute Gasteiger partial charge is 0.478 e. The molecule has 2 rings (SSSR count). The molecule has 0 saturated heterocycles. The highest BCUT2D eigenvalue weighted by atomic mass is 32.2. The monoisotopic (exact) mass is 303 g/mol. The van der Waals surface area contributed by atoms with Crippen molar-refractivity contribution in [1.29, 1.82) is 0 Å². The molecule has 7 heteroatoms. The summed E-state index contributed by atoms with van der Waals surface area (Å²) in [6.07, 6.45) is 4.75. The number of thioether (sulfide) groups is 1. The molecule has 1 amide bonds. The first-order valence-electron chi connectivity index (χ1n) is 6.13. The standard InChI is InChI=1S/C14H13N3O3S/c18-13(9-21-12-2-4-15-5-3-12)17-8-11-7-10(14(19)20)1-6-16-11/h1-7H,8-9H2,(H,17,18)(H,19,20). The van der Waals surface area contributed by atoms with Crippen molar-refractivity contribution in [2.24, 2.45) is 0 Å². The van der Waals surface area contributed by atoms with Crippen molar-refractivity contribution in [1.82, 2.24) is 15.3 Å². The van der Waals surface area contributed by atoms with Gasteiger partial charge in [0, 0.05) is 23.5 Å². The number of nitrogens with one attached hydrogen (secondary N) is 1. The van der Waals surface area contributed by atoms with Crippen LogP contribution in [-0.2, 0) is 11.3 Å². The highest BCUT2D eigenvalue weighted by Crippen LogP contribution is 2.15. The SMILES string of the molecule is O=C(CSc1ccncc1)NCc1cc(C(=O)O)ccn1. The molecule has 0 aromatic carbocycles. The Labute approximate surface area is 125 Å². The van der Waals surface area contributed by atoms with Crippen molar-refractivity contribution in [3.8, 4) is 0 Å². The van der Waals surface area contributed by atoms with Gasteiger partial charge in [0.05, 0.1) is 23.6 Å². The minimum atomic E-state index is -1.02. The number of rotatable bonds is 6. The molecular weight excluding hydrogens is 290 g/mol. The lowest BCUT2D eigenvalue weighted by Crippen LogP contribution is -2.25. The van der Waals surface area contributed by atoms with Gasteiger partial charge in [0.15, 0.2) is 0 Å². The molecule has 0 unspecified atom stereocenters. The summed E-state index contributed by atoms with van der Waals surface area (Å²) in [7, 11) is 0. The highest BCUT2D eigenvalue weighted by molar-refractivity contribution is 8.00. The zero-order valence-electron chi connectivity index (χ0n) is 11.0. The van der Waals surface area contributed by atoms with Crippen LogP contribution in [0.5, 0.6) is 0 Å². The summed E-state index contributed by atoms with van der Waals surface area (Å²) < 4.78 is 0. The van der Waals surface area contributed by atoms with E-state index >= 15 is 0 Å². The smallest absolute Gasteiger partial charge is 0.335 e. The number of amides is 1. The number of aromatic nitrogens is 2. The number of hydrogen-bond donors (Lipinski definition) is 2. The van der Waals surface area contributed by atoms with E-state index in [2.05, 4.69) is 15.3 Å². The Morgan fingerprint density at radius 1 is 1.19 bits per heavy atom. The lowest BCUT2D eigenvalue weighted by Gasteiger charge is -2.05. The Kier molecular flexibility index (Phi) is 5.28. The molecule has 0 saturated carbocycles. The van der Waals surface area contributed by atoms with E-state index in [1.807, 2.05) is 12.1 Å². The van der Waals surface area contributed by atoms with Crippen molar-refractivity contribution in [3.63, 3.8) is 0 Å². The maximum absolute atomic E-state index is 11.7. The number of carbonyl (C=O) groups is 2.